The fourth-order valence-electron chi connectivity index (χ4n) is 1.96. The van der Waals surface area contributed by atoms with Crippen molar-refractivity contribution in [2.24, 2.45) is 5.92 Å². The molecule has 0 bridgehead atoms. The maximum atomic E-state index is 12.3. The molecule has 0 unspecified atom stereocenters. The highest BCUT2D eigenvalue weighted by Gasteiger charge is 2.25. The van der Waals surface area contributed by atoms with E-state index in [1.165, 1.54) is 12.1 Å². The normalized spacial score (nSPS) is 11.8. The minimum absolute atomic E-state index is 0.145. The van der Waals surface area contributed by atoms with Crippen LogP contribution in [-0.4, -0.2) is 36.9 Å². The molecule has 0 aromatic heterocycles. The van der Waals surface area contributed by atoms with Crippen molar-refractivity contribution in [3.63, 3.8) is 0 Å². The molecule has 1 aromatic carbocycles. The first-order chi connectivity index (χ1) is 11.3. The molecule has 24 heavy (non-hydrogen) atoms. The van der Waals surface area contributed by atoms with Crippen LogP contribution in [-0.2, 0) is 9.59 Å². The van der Waals surface area contributed by atoms with Crippen LogP contribution in [0.3, 0.4) is 0 Å². The van der Waals surface area contributed by atoms with Gasteiger partial charge in [0.25, 0.3) is 5.91 Å². The summed E-state index contributed by atoms with van der Waals surface area (Å²) >= 11 is 11.8. The van der Waals surface area contributed by atoms with E-state index >= 15 is 0 Å². The lowest BCUT2D eigenvalue weighted by Crippen LogP contribution is -2.51. The Morgan fingerprint density at radius 2 is 1.79 bits per heavy atom. The Kier molecular flexibility index (Phi) is 8.01. The van der Waals surface area contributed by atoms with Crippen molar-refractivity contribution in [1.82, 2.24) is 16.0 Å². The van der Waals surface area contributed by atoms with Crippen molar-refractivity contribution in [1.29, 1.82) is 0 Å². The van der Waals surface area contributed by atoms with E-state index in [9.17, 15) is 14.4 Å². The van der Waals surface area contributed by atoms with Crippen LogP contribution in [0.1, 0.15) is 31.1 Å². The third-order valence-electron chi connectivity index (χ3n) is 3.21. The molecule has 0 saturated heterocycles. The van der Waals surface area contributed by atoms with E-state index in [1.54, 1.807) is 26.8 Å². The van der Waals surface area contributed by atoms with Crippen LogP contribution < -0.4 is 16.0 Å². The van der Waals surface area contributed by atoms with E-state index in [0.717, 1.165) is 0 Å². The fraction of sp³-hybridized carbons (Fsp3) is 0.438. The van der Waals surface area contributed by atoms with Crippen LogP contribution in [0.2, 0.25) is 10.0 Å². The summed E-state index contributed by atoms with van der Waals surface area (Å²) in [5, 5.41) is 8.34. The van der Waals surface area contributed by atoms with Crippen LogP contribution in [0.5, 0.6) is 0 Å². The third-order valence-corrected chi connectivity index (χ3v) is 3.76. The Balaban J connectivity index is 2.76. The van der Waals surface area contributed by atoms with E-state index in [-0.39, 0.29) is 29.0 Å². The molecule has 6 nitrogen and oxygen atoms in total. The van der Waals surface area contributed by atoms with Crippen LogP contribution in [0.4, 0.5) is 0 Å². The number of hydrogen-bond donors (Lipinski definition) is 3. The molecule has 0 fully saturated rings. The van der Waals surface area contributed by atoms with Gasteiger partial charge in [-0.3, -0.25) is 14.4 Å². The lowest BCUT2D eigenvalue weighted by atomic mass is 10.0. The first-order valence-corrected chi connectivity index (χ1v) is 8.32. The Bertz CT molecular complexity index is 621. The average Bonchev–Trinajstić information content (AvgIpc) is 2.50. The van der Waals surface area contributed by atoms with E-state index in [1.807, 2.05) is 0 Å². The molecule has 0 aliphatic heterocycles. The third kappa shape index (κ3) is 6.02. The number of amides is 3. The smallest absolute Gasteiger partial charge is 0.253 e. The highest BCUT2D eigenvalue weighted by Crippen LogP contribution is 2.21. The van der Waals surface area contributed by atoms with Gasteiger partial charge < -0.3 is 16.0 Å². The first-order valence-electron chi connectivity index (χ1n) is 7.56. The summed E-state index contributed by atoms with van der Waals surface area (Å²) in [5.41, 5.74) is 0.225. The maximum absolute atomic E-state index is 12.3. The Labute approximate surface area is 151 Å². The molecule has 1 aromatic rings. The number of carbonyl (C=O) groups excluding carboxylic acids is 3. The van der Waals surface area contributed by atoms with Gasteiger partial charge in [0.15, 0.2) is 0 Å². The molecule has 0 radical (unpaired) electrons. The van der Waals surface area contributed by atoms with E-state index in [0.29, 0.717) is 11.6 Å². The van der Waals surface area contributed by atoms with Gasteiger partial charge >= 0.3 is 0 Å². The van der Waals surface area contributed by atoms with Gasteiger partial charge in [0, 0.05) is 11.6 Å². The summed E-state index contributed by atoms with van der Waals surface area (Å²) in [5.74, 6) is -1.38. The van der Waals surface area contributed by atoms with E-state index in [2.05, 4.69) is 16.0 Å². The topological polar surface area (TPSA) is 87.3 Å². The van der Waals surface area contributed by atoms with Gasteiger partial charge in [0.1, 0.15) is 6.04 Å². The largest absolute Gasteiger partial charge is 0.355 e. The lowest BCUT2D eigenvalue weighted by Gasteiger charge is -2.22. The van der Waals surface area contributed by atoms with E-state index < -0.39 is 17.9 Å². The summed E-state index contributed by atoms with van der Waals surface area (Å²) in [6.07, 6.45) is 0. The Morgan fingerprint density at radius 3 is 2.33 bits per heavy atom. The standard InChI is InChI=1S/C16H21Cl2N3O3/c1-4-19-13(22)8-20-16(24)14(9(2)3)21-15(23)11-6-5-10(17)7-12(11)18/h5-7,9,14H,4,8H2,1-3H3,(H,19,22)(H,20,24)(H,21,23)/t14-/m1/s1. The van der Waals surface area contributed by atoms with Gasteiger partial charge in [0.05, 0.1) is 17.1 Å². The zero-order valence-electron chi connectivity index (χ0n) is 13.8. The number of nitrogens with one attached hydrogen (secondary N) is 3. The van der Waals surface area contributed by atoms with Crippen LogP contribution >= 0.6 is 23.2 Å². The van der Waals surface area contributed by atoms with Crippen molar-refractivity contribution < 1.29 is 14.4 Å². The minimum atomic E-state index is -0.793. The molecule has 1 rings (SSSR count). The SMILES string of the molecule is CCNC(=O)CNC(=O)[C@H](NC(=O)c1ccc(Cl)cc1Cl)C(C)C. The molecule has 3 amide bonds. The van der Waals surface area contributed by atoms with E-state index in [4.69, 9.17) is 23.2 Å². The molecular formula is C16H21Cl2N3O3. The molecule has 0 aliphatic rings. The summed E-state index contributed by atoms with van der Waals surface area (Å²) < 4.78 is 0. The molecule has 0 heterocycles. The van der Waals surface area contributed by atoms with Crippen molar-refractivity contribution in [2.75, 3.05) is 13.1 Å². The van der Waals surface area contributed by atoms with Gasteiger partial charge in [-0.15, -0.1) is 0 Å². The van der Waals surface area contributed by atoms with Gasteiger partial charge in [-0.1, -0.05) is 37.0 Å². The predicted molar refractivity (Wildman–Crippen MR) is 94.2 cm³/mol. The number of likely N-dealkylation sites (N-methyl/N-ethyl adjacent to an activating group) is 1. The second-order valence-electron chi connectivity index (χ2n) is 5.49. The van der Waals surface area contributed by atoms with Gasteiger partial charge in [-0.2, -0.15) is 0 Å². The zero-order valence-corrected chi connectivity index (χ0v) is 15.3. The highest BCUT2D eigenvalue weighted by molar-refractivity contribution is 6.36. The number of benzene rings is 1. The van der Waals surface area contributed by atoms with Crippen LogP contribution in [0.15, 0.2) is 18.2 Å². The summed E-state index contributed by atoms with van der Waals surface area (Å²) in [6, 6.07) is 3.70. The average molecular weight is 374 g/mol. The highest BCUT2D eigenvalue weighted by atomic mass is 35.5. The second kappa shape index (κ2) is 9.49. The fourth-order valence-corrected chi connectivity index (χ4v) is 2.46. The Hall–Kier alpha value is -1.79. The molecule has 132 valence electrons. The van der Waals surface area contributed by atoms with Gasteiger partial charge in [0.2, 0.25) is 11.8 Å². The number of carbonyl (C=O) groups is 3. The molecule has 1 atom stereocenters. The number of hydrogen-bond acceptors (Lipinski definition) is 3. The monoisotopic (exact) mass is 373 g/mol. The first kappa shape index (κ1) is 20.3. The number of halogens is 2. The summed E-state index contributed by atoms with van der Waals surface area (Å²) in [7, 11) is 0. The van der Waals surface area contributed by atoms with Crippen molar-refractivity contribution in [2.45, 2.75) is 26.8 Å². The van der Waals surface area contributed by atoms with Crippen molar-refractivity contribution in [3.8, 4) is 0 Å². The molecule has 3 N–H and O–H groups in total. The summed E-state index contributed by atoms with van der Waals surface area (Å²) in [4.78, 5) is 36.0. The van der Waals surface area contributed by atoms with Crippen molar-refractivity contribution in [3.05, 3.63) is 33.8 Å². The molecule has 0 spiro atoms. The molecule has 0 saturated carbocycles. The van der Waals surface area contributed by atoms with Crippen LogP contribution in [0, 0.1) is 5.92 Å². The Morgan fingerprint density at radius 1 is 1.12 bits per heavy atom. The molecule has 0 aliphatic carbocycles. The predicted octanol–water partition coefficient (Wildman–Crippen LogP) is 2.00. The quantitative estimate of drug-likeness (QED) is 0.682. The number of rotatable bonds is 7. The summed E-state index contributed by atoms with van der Waals surface area (Å²) in [6.45, 7) is 5.70. The molecule has 8 heteroatoms. The van der Waals surface area contributed by atoms with Gasteiger partial charge in [-0.05, 0) is 31.0 Å². The zero-order chi connectivity index (χ0) is 18.3. The lowest BCUT2D eigenvalue weighted by molar-refractivity contribution is -0.127. The van der Waals surface area contributed by atoms with Gasteiger partial charge in [-0.25, -0.2) is 0 Å². The second-order valence-corrected chi connectivity index (χ2v) is 6.33. The van der Waals surface area contributed by atoms with Crippen LogP contribution in [0.25, 0.3) is 0 Å². The maximum Gasteiger partial charge on any atom is 0.253 e. The minimum Gasteiger partial charge on any atom is -0.355 e. The molecular weight excluding hydrogens is 353 g/mol. The van der Waals surface area contributed by atoms with Crippen molar-refractivity contribution >= 4 is 40.9 Å².